The molecule has 0 aromatic rings. The molecule has 0 aromatic heterocycles. The molecule has 0 rings (SSSR count). The van der Waals surface area contributed by atoms with E-state index in [1.165, 1.54) is 0 Å². The van der Waals surface area contributed by atoms with Gasteiger partial charge in [0.1, 0.15) is 0 Å². The fraction of sp³-hybridized carbons (Fsp3) is 1.00. The van der Waals surface area contributed by atoms with Crippen molar-refractivity contribution in [1.29, 1.82) is 0 Å². The summed E-state index contributed by atoms with van der Waals surface area (Å²) in [6.45, 7) is 4.83. The van der Waals surface area contributed by atoms with E-state index >= 15 is 0 Å². The van der Waals surface area contributed by atoms with Crippen molar-refractivity contribution in [3.05, 3.63) is 0 Å². The van der Waals surface area contributed by atoms with E-state index in [0.29, 0.717) is 6.42 Å². The second kappa shape index (κ2) is 4.48. The Labute approximate surface area is 79.4 Å². The third kappa shape index (κ3) is 8.37. The van der Waals surface area contributed by atoms with Gasteiger partial charge in [-0.15, -0.1) is 0 Å². The van der Waals surface area contributed by atoms with Gasteiger partial charge in [0, 0.05) is 0 Å². The average Bonchev–Trinajstić information content (AvgIpc) is 1.60. The SMILES string of the molecule is CCC(C)(C)OS(=O)(=O)[O-].[Li+]. The van der Waals surface area contributed by atoms with Crippen molar-refractivity contribution in [2.45, 2.75) is 32.8 Å². The molecule has 6 heteroatoms. The molecule has 0 fully saturated rings. The van der Waals surface area contributed by atoms with Crippen molar-refractivity contribution < 1.29 is 36.0 Å². The standard InChI is InChI=1S/C5H12O4S.Li/c1-4-5(2,3)9-10(6,7)8;/h4H2,1-3H3,(H,6,7,8);/q;+1/p-1. The van der Waals surface area contributed by atoms with Crippen molar-refractivity contribution >= 4 is 10.4 Å². The third-order valence-corrected chi connectivity index (χ3v) is 1.83. The van der Waals surface area contributed by atoms with Gasteiger partial charge in [0.05, 0.1) is 5.60 Å². The minimum atomic E-state index is -4.54. The van der Waals surface area contributed by atoms with Crippen LogP contribution in [0.3, 0.4) is 0 Å². The molecule has 0 aliphatic rings. The predicted molar refractivity (Wildman–Crippen MR) is 35.2 cm³/mol. The predicted octanol–water partition coefficient (Wildman–Crippen LogP) is -2.34. The molecule has 0 amide bonds. The molecule has 11 heavy (non-hydrogen) atoms. The Bertz CT molecular complexity index is 197. The van der Waals surface area contributed by atoms with Crippen molar-refractivity contribution in [3.8, 4) is 0 Å². The molecular weight excluding hydrogens is 163 g/mol. The number of hydrogen-bond donors (Lipinski definition) is 0. The Morgan fingerprint density at radius 2 is 1.82 bits per heavy atom. The van der Waals surface area contributed by atoms with Crippen molar-refractivity contribution in [2.24, 2.45) is 0 Å². The summed E-state index contributed by atoms with van der Waals surface area (Å²) in [4.78, 5) is 0. The molecular formula is C5H11LiO4S. The summed E-state index contributed by atoms with van der Waals surface area (Å²) in [5, 5.41) is 0. The first-order valence-corrected chi connectivity index (χ1v) is 4.26. The zero-order valence-electron chi connectivity index (χ0n) is 7.25. The molecule has 0 saturated carbocycles. The van der Waals surface area contributed by atoms with E-state index in [2.05, 4.69) is 4.18 Å². The molecule has 0 unspecified atom stereocenters. The Morgan fingerprint density at radius 3 is 1.91 bits per heavy atom. The van der Waals surface area contributed by atoms with Gasteiger partial charge >= 0.3 is 18.9 Å². The molecule has 62 valence electrons. The van der Waals surface area contributed by atoms with E-state index in [0.717, 1.165) is 0 Å². The molecule has 0 atom stereocenters. The van der Waals surface area contributed by atoms with Gasteiger partial charge in [-0.3, -0.25) is 4.18 Å². The van der Waals surface area contributed by atoms with E-state index in [9.17, 15) is 13.0 Å². The van der Waals surface area contributed by atoms with E-state index < -0.39 is 16.0 Å². The molecule has 0 N–H and O–H groups in total. The minimum absolute atomic E-state index is 0. The van der Waals surface area contributed by atoms with Crippen LogP contribution in [-0.2, 0) is 14.6 Å². The van der Waals surface area contributed by atoms with Crippen LogP contribution in [0.15, 0.2) is 0 Å². The molecule has 0 spiro atoms. The van der Waals surface area contributed by atoms with Gasteiger partial charge in [0.2, 0.25) is 10.4 Å². The average molecular weight is 174 g/mol. The maximum atomic E-state index is 10.0. The maximum Gasteiger partial charge on any atom is 1.00 e. The van der Waals surface area contributed by atoms with Crippen molar-refractivity contribution in [3.63, 3.8) is 0 Å². The van der Waals surface area contributed by atoms with Crippen LogP contribution in [0.5, 0.6) is 0 Å². The molecule has 0 aliphatic carbocycles. The normalized spacial score (nSPS) is 12.4. The van der Waals surface area contributed by atoms with Gasteiger partial charge in [-0.25, -0.2) is 8.42 Å². The zero-order chi connectivity index (χ0) is 8.41. The van der Waals surface area contributed by atoms with Gasteiger partial charge in [0.25, 0.3) is 0 Å². The number of rotatable bonds is 3. The topological polar surface area (TPSA) is 66.4 Å². The first-order chi connectivity index (χ1) is 4.27. The third-order valence-electron chi connectivity index (χ3n) is 1.18. The minimum Gasteiger partial charge on any atom is -0.726 e. The smallest absolute Gasteiger partial charge is 0.726 e. The quantitative estimate of drug-likeness (QED) is 0.273. The summed E-state index contributed by atoms with van der Waals surface area (Å²) in [5.74, 6) is 0. The van der Waals surface area contributed by atoms with Gasteiger partial charge in [-0.2, -0.15) is 0 Å². The summed E-state index contributed by atoms with van der Waals surface area (Å²) in [7, 11) is -4.54. The van der Waals surface area contributed by atoms with Crippen LogP contribution >= 0.6 is 0 Å². The second-order valence-electron chi connectivity index (χ2n) is 2.60. The molecule has 0 heterocycles. The van der Waals surface area contributed by atoms with Crippen LogP contribution in [-0.4, -0.2) is 18.6 Å². The van der Waals surface area contributed by atoms with E-state index in [1.54, 1.807) is 20.8 Å². The van der Waals surface area contributed by atoms with Gasteiger partial charge in [-0.1, -0.05) is 6.92 Å². The first-order valence-electron chi connectivity index (χ1n) is 2.93. The summed E-state index contributed by atoms with van der Waals surface area (Å²) in [6, 6.07) is 0. The molecule has 0 saturated heterocycles. The van der Waals surface area contributed by atoms with Crippen LogP contribution in [0.25, 0.3) is 0 Å². The Kier molecular flexibility index (Phi) is 5.71. The van der Waals surface area contributed by atoms with E-state index in [1.807, 2.05) is 0 Å². The Hall–Kier alpha value is 0.467. The summed E-state index contributed by atoms with van der Waals surface area (Å²) >= 11 is 0. The molecule has 0 bridgehead atoms. The zero-order valence-corrected chi connectivity index (χ0v) is 8.06. The molecule has 0 aliphatic heterocycles. The number of hydrogen-bond acceptors (Lipinski definition) is 4. The van der Waals surface area contributed by atoms with Crippen LogP contribution in [0.1, 0.15) is 27.2 Å². The Morgan fingerprint density at radius 1 is 1.45 bits per heavy atom. The fourth-order valence-electron chi connectivity index (χ4n) is 0.335. The summed E-state index contributed by atoms with van der Waals surface area (Å²) in [5.41, 5.74) is -0.874. The van der Waals surface area contributed by atoms with E-state index in [-0.39, 0.29) is 18.9 Å². The van der Waals surface area contributed by atoms with Crippen LogP contribution < -0.4 is 18.9 Å². The Balaban J connectivity index is 0. The van der Waals surface area contributed by atoms with Crippen LogP contribution in [0, 0.1) is 0 Å². The first kappa shape index (κ1) is 14.0. The molecule has 4 nitrogen and oxygen atoms in total. The van der Waals surface area contributed by atoms with Crippen LogP contribution in [0.2, 0.25) is 0 Å². The monoisotopic (exact) mass is 174 g/mol. The second-order valence-corrected chi connectivity index (χ2v) is 3.59. The van der Waals surface area contributed by atoms with Crippen LogP contribution in [0.4, 0.5) is 0 Å². The summed E-state index contributed by atoms with van der Waals surface area (Å²) < 4.78 is 34.3. The van der Waals surface area contributed by atoms with Gasteiger partial charge < -0.3 is 4.55 Å². The summed E-state index contributed by atoms with van der Waals surface area (Å²) in [6.07, 6.45) is 0.481. The largest absolute Gasteiger partial charge is 1.00 e. The maximum absolute atomic E-state index is 10.0. The fourth-order valence-corrected chi connectivity index (χ4v) is 1.01. The molecule has 0 radical (unpaired) electrons. The van der Waals surface area contributed by atoms with Crippen molar-refractivity contribution in [2.75, 3.05) is 0 Å². The van der Waals surface area contributed by atoms with Gasteiger partial charge in [0.15, 0.2) is 0 Å². The van der Waals surface area contributed by atoms with Crippen molar-refractivity contribution in [1.82, 2.24) is 0 Å². The molecule has 0 aromatic carbocycles. The van der Waals surface area contributed by atoms with Gasteiger partial charge in [-0.05, 0) is 20.3 Å². The van der Waals surface area contributed by atoms with E-state index in [4.69, 9.17) is 0 Å².